The van der Waals surface area contributed by atoms with E-state index in [0.717, 1.165) is 25.9 Å². The Morgan fingerprint density at radius 1 is 1.06 bits per heavy atom. The van der Waals surface area contributed by atoms with Crippen LogP contribution >= 0.6 is 0 Å². The molecule has 0 bridgehead atoms. The van der Waals surface area contributed by atoms with E-state index in [1.807, 2.05) is 0 Å². The van der Waals surface area contributed by atoms with Gasteiger partial charge < -0.3 is 0 Å². The van der Waals surface area contributed by atoms with Crippen LogP contribution in [-0.2, 0) is 0 Å². The van der Waals surface area contributed by atoms with E-state index in [1.54, 1.807) is 4.90 Å². The summed E-state index contributed by atoms with van der Waals surface area (Å²) in [7, 11) is 0. The van der Waals surface area contributed by atoms with Gasteiger partial charge in [-0.05, 0) is 31.8 Å². The van der Waals surface area contributed by atoms with Crippen molar-refractivity contribution in [2.45, 2.75) is 59.3 Å². The van der Waals surface area contributed by atoms with Crippen LogP contribution < -0.4 is 0 Å². The molecule has 1 rings (SSSR count). The first kappa shape index (κ1) is 16.8. The van der Waals surface area contributed by atoms with E-state index in [2.05, 4.69) is 20.8 Å². The van der Waals surface area contributed by atoms with Crippen molar-refractivity contribution in [1.82, 2.24) is 10.2 Å². The number of nitrogens with zero attached hydrogens (tertiary/aromatic N) is 2. The molecule has 1 fully saturated rings. The SMILES string of the molecule is CC1CCN(CN(F)F)CC1.CCCCCC. The fraction of sp³-hybridized carbons (Fsp3) is 1.00. The van der Waals surface area contributed by atoms with Crippen LogP contribution in [0, 0.1) is 5.92 Å². The van der Waals surface area contributed by atoms with Crippen LogP contribution in [0.2, 0.25) is 0 Å². The second kappa shape index (κ2) is 10.9. The molecule has 1 aliphatic rings. The van der Waals surface area contributed by atoms with Gasteiger partial charge in [-0.3, -0.25) is 4.90 Å². The number of piperidine rings is 1. The zero-order valence-electron chi connectivity index (χ0n) is 11.6. The summed E-state index contributed by atoms with van der Waals surface area (Å²) in [5.41, 5.74) is 0. The minimum atomic E-state index is -0.754. The van der Waals surface area contributed by atoms with Gasteiger partial charge in [0, 0.05) is 5.34 Å². The lowest BCUT2D eigenvalue weighted by molar-refractivity contribution is -0.184. The molecule has 0 aromatic carbocycles. The van der Waals surface area contributed by atoms with Crippen molar-refractivity contribution < 1.29 is 8.96 Å². The lowest BCUT2D eigenvalue weighted by Gasteiger charge is -2.29. The molecule has 1 heterocycles. The second-order valence-electron chi connectivity index (χ2n) is 4.95. The van der Waals surface area contributed by atoms with E-state index in [4.69, 9.17) is 0 Å². The van der Waals surface area contributed by atoms with Gasteiger partial charge in [0.25, 0.3) is 0 Å². The summed E-state index contributed by atoms with van der Waals surface area (Å²) in [5.74, 6) is 0.707. The van der Waals surface area contributed by atoms with Gasteiger partial charge in [0.2, 0.25) is 0 Å². The van der Waals surface area contributed by atoms with Crippen LogP contribution in [0.1, 0.15) is 59.3 Å². The van der Waals surface area contributed by atoms with Crippen molar-refractivity contribution in [2.75, 3.05) is 19.8 Å². The number of unbranched alkanes of at least 4 members (excludes halogenated alkanes) is 3. The Morgan fingerprint density at radius 3 is 1.88 bits per heavy atom. The molecule has 1 saturated heterocycles. The lowest BCUT2D eigenvalue weighted by atomic mass is 10.00. The van der Waals surface area contributed by atoms with Crippen molar-refractivity contribution in [2.24, 2.45) is 5.92 Å². The van der Waals surface area contributed by atoms with Gasteiger partial charge in [0.15, 0.2) is 0 Å². The van der Waals surface area contributed by atoms with Crippen molar-refractivity contribution in [1.29, 1.82) is 0 Å². The maximum Gasteiger partial charge on any atom is 0.114 e. The molecule has 0 aromatic rings. The largest absolute Gasteiger partial charge is 0.286 e. The average molecular weight is 250 g/mol. The third-order valence-corrected chi connectivity index (χ3v) is 3.14. The molecule has 1 aliphatic heterocycles. The first-order chi connectivity index (χ1) is 8.10. The number of likely N-dealkylation sites (tertiary alicyclic amines) is 1. The van der Waals surface area contributed by atoms with Crippen molar-refractivity contribution in [3.05, 3.63) is 0 Å². The van der Waals surface area contributed by atoms with Gasteiger partial charge in [0.05, 0.1) is 0 Å². The lowest BCUT2D eigenvalue weighted by Crippen LogP contribution is -2.37. The molecule has 104 valence electrons. The molecule has 2 nitrogen and oxygen atoms in total. The van der Waals surface area contributed by atoms with Crippen molar-refractivity contribution in [3.8, 4) is 0 Å². The standard InChI is InChI=1S/C7H14F2N2.C6H14/c1-7-2-4-10(5-3-7)6-11(8)9;1-3-5-6-4-2/h7H,2-6H2,1H3;3-6H2,1-2H3. The Balaban J connectivity index is 0.000000366. The van der Waals surface area contributed by atoms with E-state index in [-0.39, 0.29) is 6.67 Å². The molecule has 0 amide bonds. The maximum absolute atomic E-state index is 11.7. The van der Waals surface area contributed by atoms with Crippen LogP contribution in [0.25, 0.3) is 0 Å². The smallest absolute Gasteiger partial charge is 0.114 e. The minimum absolute atomic E-state index is 0.202. The molecule has 0 saturated carbocycles. The highest BCUT2D eigenvalue weighted by Gasteiger charge is 2.17. The molecular weight excluding hydrogens is 222 g/mol. The fourth-order valence-corrected chi connectivity index (χ4v) is 1.85. The average Bonchev–Trinajstić information content (AvgIpc) is 2.30. The van der Waals surface area contributed by atoms with Crippen molar-refractivity contribution >= 4 is 0 Å². The van der Waals surface area contributed by atoms with Gasteiger partial charge in [-0.2, -0.15) is 0 Å². The van der Waals surface area contributed by atoms with E-state index in [0.29, 0.717) is 5.92 Å². The quantitative estimate of drug-likeness (QED) is 0.529. The predicted molar refractivity (Wildman–Crippen MR) is 68.7 cm³/mol. The summed E-state index contributed by atoms with van der Waals surface area (Å²) in [4.78, 5) is 1.78. The van der Waals surface area contributed by atoms with E-state index < -0.39 is 5.34 Å². The highest BCUT2D eigenvalue weighted by molar-refractivity contribution is 4.67. The van der Waals surface area contributed by atoms with Gasteiger partial charge in [-0.1, -0.05) is 46.5 Å². The highest BCUT2D eigenvalue weighted by Crippen LogP contribution is 2.15. The zero-order valence-corrected chi connectivity index (χ0v) is 11.6. The molecule has 4 heteroatoms. The maximum atomic E-state index is 11.7. The molecule has 0 N–H and O–H groups in total. The first-order valence-electron chi connectivity index (χ1n) is 6.91. The molecule has 0 unspecified atom stereocenters. The van der Waals surface area contributed by atoms with Gasteiger partial charge in [0.1, 0.15) is 6.67 Å². The third kappa shape index (κ3) is 10.6. The van der Waals surface area contributed by atoms with Crippen LogP contribution in [0.5, 0.6) is 0 Å². The highest BCUT2D eigenvalue weighted by atomic mass is 19.4. The van der Waals surface area contributed by atoms with Crippen LogP contribution in [0.4, 0.5) is 8.96 Å². The van der Waals surface area contributed by atoms with E-state index in [1.165, 1.54) is 25.7 Å². The zero-order chi connectivity index (χ0) is 13.1. The summed E-state index contributed by atoms with van der Waals surface area (Å²) < 4.78 is 23.4. The van der Waals surface area contributed by atoms with Crippen LogP contribution in [-0.4, -0.2) is 30.0 Å². The third-order valence-electron chi connectivity index (χ3n) is 3.14. The summed E-state index contributed by atoms with van der Waals surface area (Å²) in [6, 6.07) is 0. The molecule has 0 radical (unpaired) electrons. The Morgan fingerprint density at radius 2 is 1.53 bits per heavy atom. The van der Waals surface area contributed by atoms with E-state index >= 15 is 0 Å². The predicted octanol–water partition coefficient (Wildman–Crippen LogP) is 4.33. The molecule has 0 spiro atoms. The molecule has 0 atom stereocenters. The summed E-state index contributed by atoms with van der Waals surface area (Å²) in [5, 5.41) is -0.754. The van der Waals surface area contributed by atoms with Crippen molar-refractivity contribution in [3.63, 3.8) is 0 Å². The molecular formula is C13H28F2N2. The number of hydrogen-bond donors (Lipinski definition) is 0. The number of rotatable bonds is 5. The van der Waals surface area contributed by atoms with Gasteiger partial charge in [-0.15, -0.1) is 8.96 Å². The summed E-state index contributed by atoms with van der Waals surface area (Å²) in [6.45, 7) is 8.05. The van der Waals surface area contributed by atoms with Crippen LogP contribution in [0.15, 0.2) is 0 Å². The Kier molecular flexibility index (Phi) is 10.8. The Labute approximate surface area is 105 Å². The second-order valence-corrected chi connectivity index (χ2v) is 4.95. The van der Waals surface area contributed by atoms with Gasteiger partial charge in [-0.25, -0.2) is 0 Å². The van der Waals surface area contributed by atoms with E-state index in [9.17, 15) is 8.96 Å². The topological polar surface area (TPSA) is 6.48 Å². The fourth-order valence-electron chi connectivity index (χ4n) is 1.85. The summed E-state index contributed by atoms with van der Waals surface area (Å²) >= 11 is 0. The monoisotopic (exact) mass is 250 g/mol. The van der Waals surface area contributed by atoms with Crippen LogP contribution in [0.3, 0.4) is 0 Å². The molecule has 0 aromatic heterocycles. The number of hydrogen-bond acceptors (Lipinski definition) is 2. The van der Waals surface area contributed by atoms with Gasteiger partial charge >= 0.3 is 0 Å². The minimum Gasteiger partial charge on any atom is -0.286 e. The molecule has 17 heavy (non-hydrogen) atoms. The number of halogens is 2. The Bertz CT molecular complexity index is 153. The normalized spacial score (nSPS) is 18.0. The Hall–Kier alpha value is -0.220. The molecule has 0 aliphatic carbocycles. The first-order valence-corrected chi connectivity index (χ1v) is 6.91. The summed E-state index contributed by atoms with van der Waals surface area (Å²) in [6.07, 6.45) is 7.64.